The molecule has 7 nitrogen and oxygen atoms in total. The third kappa shape index (κ3) is 5.69. The highest BCUT2D eigenvalue weighted by molar-refractivity contribution is 7.90. The fourth-order valence-electron chi connectivity index (χ4n) is 3.60. The zero-order chi connectivity index (χ0) is 24.4. The molecule has 1 heterocycles. The quantitative estimate of drug-likeness (QED) is 0.500. The van der Waals surface area contributed by atoms with E-state index in [1.807, 2.05) is 43.3 Å². The van der Waals surface area contributed by atoms with Crippen LogP contribution in [-0.2, 0) is 37.9 Å². The number of hydrogen-bond donors (Lipinski definition) is 1. The third-order valence-corrected chi connectivity index (χ3v) is 6.53. The largest absolute Gasteiger partial charge is 0.465 e. The smallest absolute Gasteiger partial charge is 0.327 e. The van der Waals surface area contributed by atoms with Gasteiger partial charge in [0.05, 0.1) is 22.9 Å². The minimum atomic E-state index is -3.34. The maximum absolute atomic E-state index is 12.2. The van der Waals surface area contributed by atoms with Crippen LogP contribution in [0, 0.1) is 0 Å². The number of ether oxygens (including phenoxy) is 1. The predicted octanol–water partition coefficient (Wildman–Crippen LogP) is 3.97. The van der Waals surface area contributed by atoms with Crippen LogP contribution in [0.25, 0.3) is 22.4 Å². The monoisotopic (exact) mass is 470 g/mol. The highest BCUT2D eigenvalue weighted by atomic mass is 32.2. The Morgan fingerprint density at radius 1 is 1.03 bits per heavy atom. The lowest BCUT2D eigenvalue weighted by molar-refractivity contribution is -0.144. The van der Waals surface area contributed by atoms with E-state index in [1.54, 1.807) is 32.9 Å². The molecule has 0 aliphatic heterocycles. The van der Waals surface area contributed by atoms with E-state index >= 15 is 0 Å². The van der Waals surface area contributed by atoms with Gasteiger partial charge in [-0.25, -0.2) is 8.42 Å². The number of sulfone groups is 1. The van der Waals surface area contributed by atoms with E-state index < -0.39 is 21.4 Å². The van der Waals surface area contributed by atoms with Gasteiger partial charge in [-0.1, -0.05) is 43.3 Å². The summed E-state index contributed by atoms with van der Waals surface area (Å²) in [7, 11) is -3.34. The topological polar surface area (TPSA) is 98.5 Å². The summed E-state index contributed by atoms with van der Waals surface area (Å²) < 4.78 is 31.0. The van der Waals surface area contributed by atoms with Gasteiger partial charge < -0.3 is 9.84 Å². The molecule has 0 spiro atoms. The van der Waals surface area contributed by atoms with E-state index in [-0.39, 0.29) is 13.2 Å². The normalized spacial score (nSPS) is 12.1. The Bertz CT molecular complexity index is 1250. The molecule has 8 heteroatoms. The highest BCUT2D eigenvalue weighted by Gasteiger charge is 2.23. The van der Waals surface area contributed by atoms with Crippen molar-refractivity contribution < 1.29 is 23.1 Å². The molecule has 0 unspecified atom stereocenters. The zero-order valence-corrected chi connectivity index (χ0v) is 20.4. The maximum Gasteiger partial charge on any atom is 0.327 e. The molecule has 0 radical (unpaired) electrons. The molecule has 0 bridgehead atoms. The molecule has 176 valence electrons. The molecule has 0 aliphatic rings. The van der Waals surface area contributed by atoms with Crippen molar-refractivity contribution in [2.45, 2.75) is 51.2 Å². The van der Waals surface area contributed by atoms with Crippen LogP contribution in [0.5, 0.6) is 0 Å². The van der Waals surface area contributed by atoms with Crippen molar-refractivity contribution in [2.24, 2.45) is 0 Å². The number of carbonyl (C=O) groups is 1. The Labute approximate surface area is 194 Å². The zero-order valence-electron chi connectivity index (χ0n) is 19.6. The Kier molecular flexibility index (Phi) is 7.09. The number of aliphatic hydroxyl groups is 1. The van der Waals surface area contributed by atoms with E-state index in [2.05, 4.69) is 5.10 Å². The molecular weight excluding hydrogens is 440 g/mol. The molecule has 0 atom stereocenters. The van der Waals surface area contributed by atoms with Gasteiger partial charge in [0, 0.05) is 6.26 Å². The first-order valence-corrected chi connectivity index (χ1v) is 12.7. The molecule has 0 aliphatic carbocycles. The lowest BCUT2D eigenvalue weighted by atomic mass is 10.00. The Hall–Kier alpha value is -2.97. The van der Waals surface area contributed by atoms with Crippen LogP contribution in [0.3, 0.4) is 0 Å². The van der Waals surface area contributed by atoms with E-state index in [9.17, 15) is 18.3 Å². The molecule has 33 heavy (non-hydrogen) atoms. The van der Waals surface area contributed by atoms with Crippen LogP contribution >= 0.6 is 0 Å². The summed E-state index contributed by atoms with van der Waals surface area (Å²) in [5.74, 6) is -0.412. The van der Waals surface area contributed by atoms with Crippen molar-refractivity contribution in [2.75, 3.05) is 12.9 Å². The number of aromatic nitrogens is 2. The summed E-state index contributed by atoms with van der Waals surface area (Å²) in [6, 6.07) is 14.8. The lowest BCUT2D eigenvalue weighted by Gasteiger charge is -2.12. The minimum Gasteiger partial charge on any atom is -0.465 e. The summed E-state index contributed by atoms with van der Waals surface area (Å²) in [6.07, 6.45) is 1.86. The van der Waals surface area contributed by atoms with Gasteiger partial charge in [-0.05, 0) is 61.6 Å². The molecule has 2 aromatic carbocycles. The van der Waals surface area contributed by atoms with Crippen LogP contribution in [0.2, 0.25) is 0 Å². The van der Waals surface area contributed by atoms with E-state index in [0.717, 1.165) is 22.3 Å². The number of rotatable bonds is 8. The van der Waals surface area contributed by atoms with Crippen LogP contribution in [-0.4, -0.2) is 42.1 Å². The Balaban J connectivity index is 2.01. The van der Waals surface area contributed by atoms with Crippen molar-refractivity contribution in [1.82, 2.24) is 9.78 Å². The number of benzene rings is 2. The molecule has 1 aromatic heterocycles. The number of carbonyl (C=O) groups excluding carboxylic acids is 1. The molecule has 0 fully saturated rings. The van der Waals surface area contributed by atoms with E-state index in [4.69, 9.17) is 4.74 Å². The number of nitrogens with zero attached hydrogens (tertiary/aromatic N) is 2. The van der Waals surface area contributed by atoms with Crippen molar-refractivity contribution in [3.05, 3.63) is 59.8 Å². The summed E-state index contributed by atoms with van der Waals surface area (Å²) >= 11 is 0. The van der Waals surface area contributed by atoms with Crippen LogP contribution in [0.4, 0.5) is 0 Å². The number of aryl methyl sites for hydroxylation is 1. The van der Waals surface area contributed by atoms with Gasteiger partial charge in [-0.2, -0.15) is 5.10 Å². The van der Waals surface area contributed by atoms with Gasteiger partial charge in [0.25, 0.3) is 0 Å². The summed E-state index contributed by atoms with van der Waals surface area (Å²) in [6.45, 7) is 7.14. The lowest BCUT2D eigenvalue weighted by Crippen LogP contribution is -2.19. The van der Waals surface area contributed by atoms with Crippen LogP contribution < -0.4 is 0 Å². The second-order valence-corrected chi connectivity index (χ2v) is 10.4. The molecule has 0 saturated carbocycles. The van der Waals surface area contributed by atoms with E-state index in [0.29, 0.717) is 22.7 Å². The van der Waals surface area contributed by atoms with Gasteiger partial charge in [-0.15, -0.1) is 0 Å². The highest BCUT2D eigenvalue weighted by Crippen LogP contribution is 2.30. The predicted molar refractivity (Wildman–Crippen MR) is 127 cm³/mol. The second kappa shape index (κ2) is 9.49. The van der Waals surface area contributed by atoms with Crippen molar-refractivity contribution in [1.29, 1.82) is 0 Å². The maximum atomic E-state index is 12.2. The molecule has 3 rings (SSSR count). The van der Waals surface area contributed by atoms with Gasteiger partial charge in [-0.3, -0.25) is 9.48 Å². The van der Waals surface area contributed by atoms with Gasteiger partial charge in [0.15, 0.2) is 9.84 Å². The first kappa shape index (κ1) is 24.7. The fourth-order valence-corrected chi connectivity index (χ4v) is 4.63. The average molecular weight is 471 g/mol. The standard InChI is InChI=1S/C25H30N2O5S/c1-6-17-8-13-20(14-22(17)33(5,30)31)18-9-11-19(12-10-18)21-15-23(25(3,4)29)26-27(21)16-24(28)32-7-2/h8-15,29H,6-7,16H2,1-5H3. The molecule has 1 N–H and O–H groups in total. The van der Waals surface area contributed by atoms with Gasteiger partial charge in [0.1, 0.15) is 12.1 Å². The van der Waals surface area contributed by atoms with Crippen LogP contribution in [0.15, 0.2) is 53.4 Å². The molecule has 0 amide bonds. The Morgan fingerprint density at radius 3 is 2.18 bits per heavy atom. The second-order valence-electron chi connectivity index (χ2n) is 8.46. The third-order valence-electron chi connectivity index (χ3n) is 5.35. The van der Waals surface area contributed by atoms with Gasteiger partial charge in [0.2, 0.25) is 0 Å². The molecular formula is C25H30N2O5S. The minimum absolute atomic E-state index is 0.0722. The fraction of sp³-hybridized carbons (Fsp3) is 0.360. The van der Waals surface area contributed by atoms with Crippen molar-refractivity contribution in [3.63, 3.8) is 0 Å². The first-order valence-electron chi connectivity index (χ1n) is 10.8. The SMILES string of the molecule is CCOC(=O)Cn1nc(C(C)(C)O)cc1-c1ccc(-c2ccc(CC)c(S(C)(=O)=O)c2)cc1. The first-order chi connectivity index (χ1) is 15.4. The molecule has 0 saturated heterocycles. The summed E-state index contributed by atoms with van der Waals surface area (Å²) in [5.41, 5.74) is 3.21. The molecule has 3 aromatic rings. The van der Waals surface area contributed by atoms with E-state index in [1.165, 1.54) is 10.9 Å². The number of esters is 1. The summed E-state index contributed by atoms with van der Waals surface area (Å²) in [4.78, 5) is 12.4. The van der Waals surface area contributed by atoms with Crippen molar-refractivity contribution >= 4 is 15.8 Å². The average Bonchev–Trinajstić information content (AvgIpc) is 3.17. The number of hydrogen-bond acceptors (Lipinski definition) is 6. The summed E-state index contributed by atoms with van der Waals surface area (Å²) in [5, 5.41) is 14.8. The Morgan fingerprint density at radius 2 is 1.64 bits per heavy atom. The van der Waals surface area contributed by atoms with Crippen LogP contribution in [0.1, 0.15) is 39.0 Å². The van der Waals surface area contributed by atoms with Crippen molar-refractivity contribution in [3.8, 4) is 22.4 Å². The van der Waals surface area contributed by atoms with Gasteiger partial charge >= 0.3 is 5.97 Å².